The van der Waals surface area contributed by atoms with E-state index in [0.717, 1.165) is 44.1 Å². The van der Waals surface area contributed by atoms with Crippen molar-refractivity contribution in [2.45, 2.75) is 6.92 Å². The molecule has 2 heterocycles. The molecule has 0 spiro atoms. The van der Waals surface area contributed by atoms with Crippen molar-refractivity contribution >= 4 is 28.9 Å². The number of pyridine rings is 1. The van der Waals surface area contributed by atoms with E-state index in [1.165, 1.54) is 0 Å². The average Bonchev–Trinajstić information content (AvgIpc) is 2.61. The number of benzene rings is 1. The van der Waals surface area contributed by atoms with E-state index in [0.29, 0.717) is 10.7 Å². The highest BCUT2D eigenvalue weighted by Gasteiger charge is 2.22. The van der Waals surface area contributed by atoms with Crippen LogP contribution in [0.2, 0.25) is 5.02 Å². The van der Waals surface area contributed by atoms with Gasteiger partial charge in [-0.05, 0) is 36.9 Å². The standard InChI is InChI=1S/C18H21ClN4O/c1-2-22-8-10-23(11-9-22)18(24)17-13-16(6-7-20-17)21-15-5-3-4-14(19)12-15/h3-7,12-13H,2,8-11H2,1H3,(H,20,21). The summed E-state index contributed by atoms with van der Waals surface area (Å²) < 4.78 is 0. The van der Waals surface area contributed by atoms with E-state index >= 15 is 0 Å². The van der Waals surface area contributed by atoms with Crippen LogP contribution in [-0.2, 0) is 0 Å². The van der Waals surface area contributed by atoms with Gasteiger partial charge >= 0.3 is 0 Å². The Hall–Kier alpha value is -2.11. The largest absolute Gasteiger partial charge is 0.355 e. The van der Waals surface area contributed by atoms with Crippen molar-refractivity contribution < 1.29 is 4.79 Å². The molecule has 126 valence electrons. The summed E-state index contributed by atoms with van der Waals surface area (Å²) in [5.41, 5.74) is 2.17. The van der Waals surface area contributed by atoms with Crippen molar-refractivity contribution in [3.05, 3.63) is 53.3 Å². The molecule has 24 heavy (non-hydrogen) atoms. The van der Waals surface area contributed by atoms with Crippen LogP contribution < -0.4 is 5.32 Å². The average molecular weight is 345 g/mol. The van der Waals surface area contributed by atoms with Crippen LogP contribution >= 0.6 is 11.6 Å². The Bertz CT molecular complexity index is 714. The van der Waals surface area contributed by atoms with Crippen LogP contribution in [0, 0.1) is 0 Å². The summed E-state index contributed by atoms with van der Waals surface area (Å²) in [6, 6.07) is 11.1. The van der Waals surface area contributed by atoms with Crippen LogP contribution in [-0.4, -0.2) is 53.4 Å². The topological polar surface area (TPSA) is 48.5 Å². The van der Waals surface area contributed by atoms with Gasteiger partial charge in [0.15, 0.2) is 0 Å². The second-order valence-corrected chi connectivity index (χ2v) is 6.23. The van der Waals surface area contributed by atoms with E-state index < -0.39 is 0 Å². The SMILES string of the molecule is CCN1CCN(C(=O)c2cc(Nc3cccc(Cl)c3)ccn2)CC1. The lowest BCUT2D eigenvalue weighted by molar-refractivity contribution is 0.0637. The van der Waals surface area contributed by atoms with Crippen molar-refractivity contribution in [3.63, 3.8) is 0 Å². The van der Waals surface area contributed by atoms with Gasteiger partial charge in [0.25, 0.3) is 5.91 Å². The number of carbonyl (C=O) groups is 1. The van der Waals surface area contributed by atoms with Crippen LogP contribution in [0.1, 0.15) is 17.4 Å². The van der Waals surface area contributed by atoms with E-state index in [4.69, 9.17) is 11.6 Å². The molecule has 0 radical (unpaired) electrons. The summed E-state index contributed by atoms with van der Waals surface area (Å²) in [7, 11) is 0. The van der Waals surface area contributed by atoms with Crippen LogP contribution in [0.15, 0.2) is 42.6 Å². The fourth-order valence-corrected chi connectivity index (χ4v) is 2.98. The number of halogens is 1. The smallest absolute Gasteiger partial charge is 0.272 e. The summed E-state index contributed by atoms with van der Waals surface area (Å²) in [5, 5.41) is 3.92. The summed E-state index contributed by atoms with van der Waals surface area (Å²) in [5.74, 6) is -0.0134. The van der Waals surface area contributed by atoms with E-state index in [-0.39, 0.29) is 5.91 Å². The minimum atomic E-state index is -0.0134. The normalized spacial score (nSPS) is 15.3. The third-order valence-electron chi connectivity index (χ3n) is 4.20. The molecule has 0 aliphatic carbocycles. The Balaban J connectivity index is 1.69. The molecule has 1 aliphatic heterocycles. The molecule has 1 N–H and O–H groups in total. The van der Waals surface area contributed by atoms with Crippen LogP contribution in [0.25, 0.3) is 0 Å². The Labute approximate surface area is 147 Å². The molecule has 1 fully saturated rings. The molecule has 5 nitrogen and oxygen atoms in total. The number of likely N-dealkylation sites (N-methyl/N-ethyl adjacent to an activating group) is 1. The first-order valence-electron chi connectivity index (χ1n) is 8.16. The van der Waals surface area contributed by atoms with Gasteiger partial charge in [0.2, 0.25) is 0 Å². The number of hydrogen-bond donors (Lipinski definition) is 1. The molecule has 3 rings (SSSR count). The van der Waals surface area contributed by atoms with Gasteiger partial charge in [-0.1, -0.05) is 24.6 Å². The molecular weight excluding hydrogens is 324 g/mol. The summed E-state index contributed by atoms with van der Waals surface area (Å²) in [6.07, 6.45) is 1.66. The van der Waals surface area contributed by atoms with E-state index in [1.54, 1.807) is 12.3 Å². The van der Waals surface area contributed by atoms with Crippen molar-refractivity contribution in [3.8, 4) is 0 Å². The number of piperazine rings is 1. The van der Waals surface area contributed by atoms with Gasteiger partial charge in [0.05, 0.1) is 0 Å². The molecule has 0 unspecified atom stereocenters. The lowest BCUT2D eigenvalue weighted by Gasteiger charge is -2.33. The number of anilines is 2. The number of amides is 1. The van der Waals surface area contributed by atoms with Gasteiger partial charge in [-0.15, -0.1) is 0 Å². The van der Waals surface area contributed by atoms with E-state index in [1.807, 2.05) is 35.2 Å². The van der Waals surface area contributed by atoms with Crippen molar-refractivity contribution in [1.29, 1.82) is 0 Å². The maximum Gasteiger partial charge on any atom is 0.272 e. The van der Waals surface area contributed by atoms with Gasteiger partial charge in [0.1, 0.15) is 5.69 Å². The predicted molar refractivity (Wildman–Crippen MR) is 97.0 cm³/mol. The predicted octanol–water partition coefficient (Wildman–Crippen LogP) is 3.26. The molecule has 1 aromatic carbocycles. The van der Waals surface area contributed by atoms with Gasteiger partial charge in [-0.2, -0.15) is 0 Å². The molecule has 2 aromatic rings. The molecule has 1 amide bonds. The molecular formula is C18H21ClN4O. The van der Waals surface area contributed by atoms with Crippen molar-refractivity contribution in [1.82, 2.24) is 14.8 Å². The number of nitrogens with one attached hydrogen (secondary N) is 1. The first kappa shape index (κ1) is 16.7. The van der Waals surface area contributed by atoms with Gasteiger partial charge in [-0.3, -0.25) is 9.78 Å². The molecule has 1 aliphatic rings. The van der Waals surface area contributed by atoms with Crippen LogP contribution in [0.4, 0.5) is 11.4 Å². The summed E-state index contributed by atoms with van der Waals surface area (Å²) in [6.45, 7) is 6.51. The van der Waals surface area contributed by atoms with Gasteiger partial charge < -0.3 is 15.1 Å². The number of hydrogen-bond acceptors (Lipinski definition) is 4. The minimum Gasteiger partial charge on any atom is -0.355 e. The Morgan fingerprint density at radius 1 is 1.17 bits per heavy atom. The number of aromatic nitrogens is 1. The molecule has 0 saturated carbocycles. The first-order valence-corrected chi connectivity index (χ1v) is 8.54. The number of carbonyl (C=O) groups excluding carboxylic acids is 1. The van der Waals surface area contributed by atoms with E-state index in [9.17, 15) is 4.79 Å². The highest BCUT2D eigenvalue weighted by molar-refractivity contribution is 6.30. The highest BCUT2D eigenvalue weighted by Crippen LogP contribution is 2.20. The molecule has 0 bridgehead atoms. The second-order valence-electron chi connectivity index (χ2n) is 5.79. The zero-order valence-electron chi connectivity index (χ0n) is 13.7. The second kappa shape index (κ2) is 7.64. The zero-order chi connectivity index (χ0) is 16.9. The van der Waals surface area contributed by atoms with Crippen LogP contribution in [0.3, 0.4) is 0 Å². The Morgan fingerprint density at radius 3 is 2.62 bits per heavy atom. The number of rotatable bonds is 4. The molecule has 6 heteroatoms. The zero-order valence-corrected chi connectivity index (χ0v) is 14.5. The Kier molecular flexibility index (Phi) is 5.33. The minimum absolute atomic E-state index is 0.0134. The van der Waals surface area contributed by atoms with Crippen molar-refractivity contribution in [2.24, 2.45) is 0 Å². The highest BCUT2D eigenvalue weighted by atomic mass is 35.5. The third-order valence-corrected chi connectivity index (χ3v) is 4.43. The van der Waals surface area contributed by atoms with E-state index in [2.05, 4.69) is 22.1 Å². The van der Waals surface area contributed by atoms with Crippen molar-refractivity contribution in [2.75, 3.05) is 38.0 Å². The van der Waals surface area contributed by atoms with Gasteiger partial charge in [-0.25, -0.2) is 0 Å². The summed E-state index contributed by atoms with van der Waals surface area (Å²) in [4.78, 5) is 21.1. The Morgan fingerprint density at radius 2 is 1.92 bits per heavy atom. The quantitative estimate of drug-likeness (QED) is 0.925. The van der Waals surface area contributed by atoms with Gasteiger partial charge in [0, 0.05) is 48.8 Å². The third kappa shape index (κ3) is 4.04. The fraction of sp³-hybridized carbons (Fsp3) is 0.333. The molecule has 0 atom stereocenters. The lowest BCUT2D eigenvalue weighted by atomic mass is 10.2. The molecule has 1 saturated heterocycles. The van der Waals surface area contributed by atoms with Crippen LogP contribution in [0.5, 0.6) is 0 Å². The fourth-order valence-electron chi connectivity index (χ4n) is 2.79. The lowest BCUT2D eigenvalue weighted by Crippen LogP contribution is -2.48. The first-order chi connectivity index (χ1) is 11.7. The number of nitrogens with zero attached hydrogens (tertiary/aromatic N) is 3. The molecule has 1 aromatic heterocycles. The maximum atomic E-state index is 12.6. The maximum absolute atomic E-state index is 12.6. The monoisotopic (exact) mass is 344 g/mol. The summed E-state index contributed by atoms with van der Waals surface area (Å²) >= 11 is 6.00.